The van der Waals surface area contributed by atoms with Crippen molar-refractivity contribution in [2.75, 3.05) is 0 Å². The minimum absolute atomic E-state index is 0.00424. The van der Waals surface area contributed by atoms with Gasteiger partial charge in [0.2, 0.25) is 5.90 Å². The molecule has 5 rings (SSSR count). The van der Waals surface area contributed by atoms with Gasteiger partial charge in [0.25, 0.3) is 0 Å². The molecule has 0 aliphatic carbocycles. The second-order valence-corrected chi connectivity index (χ2v) is 10.4. The number of alkyl halides is 3. The van der Waals surface area contributed by atoms with Gasteiger partial charge < -0.3 is 13.0 Å². The average molecular weight is 608 g/mol. The maximum Gasteiger partial charge on any atom is 0.426 e. The van der Waals surface area contributed by atoms with E-state index in [2.05, 4.69) is 10.1 Å². The van der Waals surface area contributed by atoms with E-state index in [1.165, 1.54) is 23.1 Å². The number of aromatic carboxylic acids is 1. The number of carbonyl (C=O) groups is 1. The fourth-order valence-corrected chi connectivity index (χ4v) is 6.24. The topological polar surface area (TPSA) is 79.5 Å². The minimum atomic E-state index is -4.49. The summed E-state index contributed by atoms with van der Waals surface area (Å²) in [6.07, 6.45) is -1.86. The molecule has 0 N–H and O–H groups in total. The number of aromatic nitrogens is 2. The Morgan fingerprint density at radius 2 is 1.83 bits per heavy atom. The molecule has 0 radical (unpaired) electrons. The molecule has 1 aliphatic rings. The molecule has 0 amide bonds. The van der Waals surface area contributed by atoms with E-state index in [1.54, 1.807) is 30.3 Å². The molecule has 0 spiro atoms. The van der Waals surface area contributed by atoms with Crippen LogP contribution in [0.15, 0.2) is 78.0 Å². The van der Waals surface area contributed by atoms with Crippen molar-refractivity contribution in [3.63, 3.8) is 0 Å². The third-order valence-electron chi connectivity index (χ3n) is 5.08. The number of hydrogen-bond acceptors (Lipinski definition) is 6. The van der Waals surface area contributed by atoms with Crippen LogP contribution in [0.25, 0.3) is 11.1 Å². The molecule has 0 bridgehead atoms. The van der Waals surface area contributed by atoms with Crippen molar-refractivity contribution in [1.82, 2.24) is 9.78 Å². The Hall–Kier alpha value is -3.32. The zero-order valence-corrected chi connectivity index (χ0v) is 20.6. The Bertz CT molecular complexity index is 1460. The second kappa shape index (κ2) is 9.38. The van der Waals surface area contributed by atoms with E-state index in [0.717, 1.165) is 11.1 Å². The fourth-order valence-electron chi connectivity index (χ4n) is 3.43. The van der Waals surface area contributed by atoms with Crippen molar-refractivity contribution in [3.05, 3.63) is 99.5 Å². The number of carboxylic acids is 1. The summed E-state index contributed by atoms with van der Waals surface area (Å²) in [6, 6.07) is 17.4. The molecule has 0 fully saturated rings. The predicted octanol–water partition coefficient (Wildman–Crippen LogP) is 4.88. The van der Waals surface area contributed by atoms with Gasteiger partial charge in [-0.1, -0.05) is 54.6 Å². The maximum atomic E-state index is 13.7. The van der Waals surface area contributed by atoms with Crippen LogP contribution in [0.2, 0.25) is 0 Å². The largest absolute Gasteiger partial charge is 0.545 e. The highest BCUT2D eigenvalue weighted by Crippen LogP contribution is 2.43. The van der Waals surface area contributed by atoms with Crippen molar-refractivity contribution in [1.29, 1.82) is 0 Å². The van der Waals surface area contributed by atoms with Crippen LogP contribution in [-0.2, 0) is 15.8 Å². The summed E-state index contributed by atoms with van der Waals surface area (Å²) in [5.41, 5.74) is 2.32. The van der Waals surface area contributed by atoms with Gasteiger partial charge >= 0.3 is 6.18 Å². The summed E-state index contributed by atoms with van der Waals surface area (Å²) in [5.74, 6) is -1.08. The smallest absolute Gasteiger partial charge is 0.426 e. The summed E-state index contributed by atoms with van der Waals surface area (Å²) in [7, 11) is 0. The van der Waals surface area contributed by atoms with Crippen LogP contribution in [0.1, 0.15) is 31.2 Å². The zero-order chi connectivity index (χ0) is 24.6. The van der Waals surface area contributed by atoms with Crippen molar-refractivity contribution < 1.29 is 26.1 Å². The first kappa shape index (κ1) is 23.4. The molecule has 2 aromatic heterocycles. The third-order valence-corrected chi connectivity index (χ3v) is 8.16. The van der Waals surface area contributed by atoms with Crippen LogP contribution in [0.5, 0.6) is 0 Å². The summed E-state index contributed by atoms with van der Waals surface area (Å²) in [6.45, 7) is 0.376. The van der Waals surface area contributed by atoms with Gasteiger partial charge in [-0.15, -0.1) is 11.3 Å². The van der Waals surface area contributed by atoms with Gasteiger partial charge in [-0.2, -0.15) is 18.3 Å². The quantitative estimate of drug-likeness (QED) is 0.293. The molecule has 11 heteroatoms. The Kier molecular flexibility index (Phi) is 6.28. The van der Waals surface area contributed by atoms with E-state index in [4.69, 9.17) is 3.07 Å². The van der Waals surface area contributed by atoms with E-state index in [9.17, 15) is 23.1 Å². The minimum Gasteiger partial charge on any atom is -0.545 e. The Labute approximate surface area is 211 Å². The lowest BCUT2D eigenvalue weighted by atomic mass is 10.1. The molecule has 1 aliphatic heterocycles. The van der Waals surface area contributed by atoms with E-state index < -0.39 is 38.2 Å². The number of hydrogen-bond donors (Lipinski definition) is 0. The van der Waals surface area contributed by atoms with Gasteiger partial charge in [0.15, 0.2) is 0 Å². The number of halogens is 4. The van der Waals surface area contributed by atoms with Gasteiger partial charge in [-0.25, -0.2) is 4.99 Å². The standard InChI is InChI=1S/C24H15F3IN3O3S/c25-24(26,27)20-18(15-4-2-1-3-5-15)10-19(35-20)22-30-21(28-34-22)16-8-6-14(7-9-16)12-31-13-17(11-29-31)23(32)33/h1-11,13H,12H2,(H,32,33)/p-1. The number of nitrogens with zero attached hydrogens (tertiary/aromatic N) is 3. The van der Waals surface area contributed by atoms with Crippen molar-refractivity contribution in [2.45, 2.75) is 12.7 Å². The average Bonchev–Trinajstić information content (AvgIpc) is 3.59. The van der Waals surface area contributed by atoms with Crippen LogP contribution in [0, 0.1) is 0 Å². The first-order valence-corrected chi connectivity index (χ1v) is 12.9. The van der Waals surface area contributed by atoms with Crippen LogP contribution >= 0.6 is 32.5 Å². The van der Waals surface area contributed by atoms with Crippen molar-refractivity contribution >= 4 is 48.0 Å². The molecule has 0 saturated carbocycles. The molecule has 0 saturated heterocycles. The van der Waals surface area contributed by atoms with Gasteiger partial charge in [0.05, 0.1) is 23.6 Å². The number of rotatable bonds is 6. The Morgan fingerprint density at radius 1 is 1.09 bits per heavy atom. The van der Waals surface area contributed by atoms with Crippen LogP contribution < -0.4 is 5.11 Å². The summed E-state index contributed by atoms with van der Waals surface area (Å²) >= 11 is -0.337. The molecule has 178 valence electrons. The number of carboxylic acid groups (broad SMARTS) is 1. The summed E-state index contributed by atoms with van der Waals surface area (Å²) in [5, 5.41) is 14.9. The predicted molar refractivity (Wildman–Crippen MR) is 133 cm³/mol. The molecular weight excluding hydrogens is 594 g/mol. The normalized spacial score (nSPS) is 13.6. The van der Waals surface area contributed by atoms with E-state index in [-0.39, 0.29) is 17.0 Å². The first-order chi connectivity index (χ1) is 16.8. The first-order valence-electron chi connectivity index (χ1n) is 10.2. The van der Waals surface area contributed by atoms with E-state index >= 15 is 0 Å². The molecule has 0 unspecified atom stereocenters. The fraction of sp³-hybridized carbons (Fsp3) is 0.0833. The molecule has 2 aromatic carbocycles. The second-order valence-electron chi connectivity index (χ2n) is 7.49. The number of carbonyl (C=O) groups excluding carboxylic acids is 1. The summed E-state index contributed by atoms with van der Waals surface area (Å²) in [4.78, 5) is 15.1. The Morgan fingerprint density at radius 3 is 2.49 bits per heavy atom. The third kappa shape index (κ3) is 5.05. The van der Waals surface area contributed by atoms with E-state index in [0.29, 0.717) is 32.0 Å². The number of aliphatic imine (C=N–C) groups is 1. The van der Waals surface area contributed by atoms with Crippen LogP contribution in [0.3, 0.4) is 0 Å². The Balaban J connectivity index is 1.36. The highest BCUT2D eigenvalue weighted by molar-refractivity contribution is 14.2. The molecule has 3 heterocycles. The van der Waals surface area contributed by atoms with Gasteiger partial charge in [0.1, 0.15) is 29.7 Å². The van der Waals surface area contributed by atoms with Crippen molar-refractivity contribution in [2.24, 2.45) is 4.99 Å². The van der Waals surface area contributed by atoms with E-state index in [1.807, 2.05) is 24.3 Å². The molecule has 0 atom stereocenters. The monoisotopic (exact) mass is 608 g/mol. The number of thiophene rings is 1. The lowest BCUT2D eigenvalue weighted by molar-refractivity contribution is -0.255. The molecule has 6 nitrogen and oxygen atoms in total. The summed E-state index contributed by atoms with van der Waals surface area (Å²) < 4.78 is 49.1. The number of benzene rings is 2. The van der Waals surface area contributed by atoms with Gasteiger partial charge in [0, 0.05) is 22.9 Å². The zero-order valence-electron chi connectivity index (χ0n) is 17.6. The maximum absolute atomic E-state index is 13.7. The van der Waals surface area contributed by atoms with Crippen LogP contribution in [-0.4, -0.2) is 25.3 Å². The van der Waals surface area contributed by atoms with Gasteiger partial charge in [-0.3, -0.25) is 4.68 Å². The molecule has 35 heavy (non-hydrogen) atoms. The molecule has 4 aromatic rings. The SMILES string of the molecule is O=C([O-])c1cnn(Cc2ccc(C3=IOC(c4cc(-c5ccccc5)c(C(F)(F)F)s4)=N3)cc2)c1. The van der Waals surface area contributed by atoms with Crippen LogP contribution in [0.4, 0.5) is 13.2 Å². The molecular formula is C24H14F3IN3O3S-. The highest BCUT2D eigenvalue weighted by Gasteiger charge is 2.37. The lowest BCUT2D eigenvalue weighted by Gasteiger charge is -2.07. The highest BCUT2D eigenvalue weighted by atomic mass is 127. The van der Waals surface area contributed by atoms with Crippen molar-refractivity contribution in [3.8, 4) is 11.1 Å². The lowest BCUT2D eigenvalue weighted by Crippen LogP contribution is -2.21. The van der Waals surface area contributed by atoms with Gasteiger partial charge in [-0.05, 0) is 17.2 Å².